The maximum atomic E-state index is 10.4. The fraction of sp³-hybridized carbons (Fsp3) is 0.143. The zero-order valence-electron chi connectivity index (χ0n) is 7.27. The summed E-state index contributed by atoms with van der Waals surface area (Å²) in [5.74, 6) is 0. The van der Waals surface area contributed by atoms with E-state index in [1.807, 2.05) is 0 Å². The summed E-state index contributed by atoms with van der Waals surface area (Å²) in [5.41, 5.74) is 3.35. The molecule has 0 amide bonds. The number of nitrogens with two attached hydrogens (primary N) is 1. The van der Waals surface area contributed by atoms with E-state index in [0.717, 1.165) is 0 Å². The predicted molar refractivity (Wildman–Crippen MR) is 46.5 cm³/mol. The summed E-state index contributed by atoms with van der Waals surface area (Å²) in [5, 5.41) is 0. The van der Waals surface area contributed by atoms with E-state index in [2.05, 4.69) is 5.73 Å². The van der Waals surface area contributed by atoms with Crippen LogP contribution < -0.4 is 5.73 Å². The molecule has 0 bridgehead atoms. The van der Waals surface area contributed by atoms with Crippen LogP contribution in [-0.2, 0) is 10.1 Å². The molecule has 15 heavy (non-hydrogen) atoms. The van der Waals surface area contributed by atoms with Gasteiger partial charge in [0.25, 0.3) is 10.1 Å². The van der Waals surface area contributed by atoms with Gasteiger partial charge in [-0.2, -0.15) is 21.6 Å². The van der Waals surface area contributed by atoms with Gasteiger partial charge in [0.15, 0.2) is 0 Å². The van der Waals surface area contributed by atoms with Gasteiger partial charge in [-0.25, -0.2) is 5.73 Å². The molecule has 0 heterocycles. The summed E-state index contributed by atoms with van der Waals surface area (Å²) >= 11 is 0. The summed E-state index contributed by atoms with van der Waals surface area (Å²) < 4.78 is 59.6. The highest BCUT2D eigenvalue weighted by molar-refractivity contribution is 7.85. The third-order valence-corrected chi connectivity index (χ3v) is 1.91. The third kappa shape index (κ3) is 9.19. The molecule has 8 heteroatoms. The van der Waals surface area contributed by atoms with Gasteiger partial charge in [0.05, 0.1) is 4.90 Å². The molecule has 1 aromatic carbocycles. The van der Waals surface area contributed by atoms with Crippen LogP contribution in [0.4, 0.5) is 13.2 Å². The quantitative estimate of drug-likeness (QED) is 0.577. The maximum Gasteiger partial charge on any atom is 0.454 e. The van der Waals surface area contributed by atoms with Crippen LogP contribution in [0.25, 0.3) is 0 Å². The highest BCUT2D eigenvalue weighted by Gasteiger charge is 2.17. The Labute approximate surface area is 84.3 Å². The number of alkyl halides is 3. The molecule has 1 aromatic rings. The van der Waals surface area contributed by atoms with Crippen LogP contribution in [0.1, 0.15) is 0 Å². The van der Waals surface area contributed by atoms with Crippen molar-refractivity contribution in [1.82, 2.24) is 0 Å². The van der Waals surface area contributed by atoms with Crippen LogP contribution in [0.5, 0.6) is 0 Å². The lowest BCUT2D eigenvalue weighted by atomic mass is 10.4. The molecule has 0 saturated carbocycles. The van der Waals surface area contributed by atoms with Crippen molar-refractivity contribution in [2.45, 2.75) is 11.2 Å². The molecule has 1 rings (SSSR count). The molecule has 0 aliphatic heterocycles. The van der Waals surface area contributed by atoms with Crippen molar-refractivity contribution in [1.29, 1.82) is 0 Å². The zero-order chi connectivity index (χ0) is 12.1. The van der Waals surface area contributed by atoms with Gasteiger partial charge < -0.3 is 0 Å². The van der Waals surface area contributed by atoms with Gasteiger partial charge in [0, 0.05) is 0 Å². The summed E-state index contributed by atoms with van der Waals surface area (Å²) in [6, 6.07) is 7.42. The van der Waals surface area contributed by atoms with Crippen molar-refractivity contribution in [2.24, 2.45) is 5.73 Å². The Morgan fingerprint density at radius 2 is 1.47 bits per heavy atom. The van der Waals surface area contributed by atoms with Gasteiger partial charge in [-0.3, -0.25) is 4.55 Å². The van der Waals surface area contributed by atoms with Gasteiger partial charge in [-0.05, 0) is 12.1 Å². The van der Waals surface area contributed by atoms with Crippen LogP contribution in [0.2, 0.25) is 0 Å². The third-order valence-electron chi connectivity index (χ3n) is 1.04. The predicted octanol–water partition coefficient (Wildman–Crippen LogP) is 1.40. The van der Waals surface area contributed by atoms with Crippen molar-refractivity contribution in [2.75, 3.05) is 0 Å². The van der Waals surface area contributed by atoms with E-state index in [-0.39, 0.29) is 4.90 Å². The largest absolute Gasteiger partial charge is 0.454 e. The number of rotatable bonds is 1. The average molecular weight is 243 g/mol. The van der Waals surface area contributed by atoms with Crippen LogP contribution in [0, 0.1) is 0 Å². The van der Waals surface area contributed by atoms with E-state index in [9.17, 15) is 21.6 Å². The Morgan fingerprint density at radius 1 is 1.13 bits per heavy atom. The number of hydrogen-bond donors (Lipinski definition) is 2. The lowest BCUT2D eigenvalue weighted by Crippen LogP contribution is -2.20. The van der Waals surface area contributed by atoms with Crippen molar-refractivity contribution >= 4 is 10.1 Å². The van der Waals surface area contributed by atoms with Crippen LogP contribution in [0.15, 0.2) is 35.2 Å². The maximum absolute atomic E-state index is 10.4. The van der Waals surface area contributed by atoms with Gasteiger partial charge in [-0.1, -0.05) is 18.2 Å². The molecule has 0 aliphatic rings. The number of halogens is 3. The minimum Gasteiger partial charge on any atom is -0.282 e. The highest BCUT2D eigenvalue weighted by Crippen LogP contribution is 2.05. The number of hydrogen-bond acceptors (Lipinski definition) is 3. The van der Waals surface area contributed by atoms with E-state index in [0.29, 0.717) is 0 Å². The molecule has 0 unspecified atom stereocenters. The summed E-state index contributed by atoms with van der Waals surface area (Å²) in [4.78, 5) is -0.0741. The second-order valence-electron chi connectivity index (χ2n) is 2.33. The van der Waals surface area contributed by atoms with Gasteiger partial charge in [0.1, 0.15) is 0 Å². The Bertz CT molecular complexity index is 382. The SMILES string of the molecule is NC(F)(F)F.O=S(=O)(O)c1ccccc1. The van der Waals surface area contributed by atoms with Gasteiger partial charge in [-0.15, -0.1) is 0 Å². The Morgan fingerprint density at radius 3 is 1.67 bits per heavy atom. The molecule has 0 atom stereocenters. The van der Waals surface area contributed by atoms with Crippen LogP contribution >= 0.6 is 0 Å². The first-order valence-electron chi connectivity index (χ1n) is 3.49. The fourth-order valence-electron chi connectivity index (χ4n) is 0.592. The highest BCUT2D eigenvalue weighted by atomic mass is 32.2. The minimum absolute atomic E-state index is 0.0741. The first-order chi connectivity index (χ1) is 6.61. The standard InChI is InChI=1S/C6H6O3S.CH2F3N/c7-10(8,9)6-4-2-1-3-5-6;2-1(3,4)5/h1-5H,(H,7,8,9);5H2. The normalized spacial score (nSPS) is 11.5. The topological polar surface area (TPSA) is 80.4 Å². The van der Waals surface area contributed by atoms with Crippen LogP contribution in [0.3, 0.4) is 0 Å². The molecule has 0 aromatic heterocycles. The minimum atomic E-state index is -4.50. The van der Waals surface area contributed by atoms with Crippen molar-refractivity contribution in [3.63, 3.8) is 0 Å². The van der Waals surface area contributed by atoms with Crippen molar-refractivity contribution in [3.05, 3.63) is 30.3 Å². The molecule has 0 saturated heterocycles. The van der Waals surface area contributed by atoms with E-state index in [4.69, 9.17) is 4.55 Å². The van der Waals surface area contributed by atoms with E-state index in [1.54, 1.807) is 18.2 Å². The van der Waals surface area contributed by atoms with Gasteiger partial charge >= 0.3 is 6.30 Å². The summed E-state index contributed by atoms with van der Waals surface area (Å²) in [6.07, 6.45) is -4.50. The molecule has 0 radical (unpaired) electrons. The molecule has 0 fully saturated rings. The lowest BCUT2D eigenvalue weighted by molar-refractivity contribution is -0.122. The molecule has 3 N–H and O–H groups in total. The average Bonchev–Trinajstić information content (AvgIpc) is 2.01. The summed E-state index contributed by atoms with van der Waals surface area (Å²) in [7, 11) is -4.00. The van der Waals surface area contributed by atoms with E-state index < -0.39 is 16.4 Å². The van der Waals surface area contributed by atoms with Crippen molar-refractivity contribution < 1.29 is 26.1 Å². The Kier molecular flexibility index (Phi) is 4.72. The molecule has 0 aliphatic carbocycles. The summed E-state index contributed by atoms with van der Waals surface area (Å²) in [6.45, 7) is 0. The molecular weight excluding hydrogens is 235 g/mol. The first-order valence-corrected chi connectivity index (χ1v) is 4.93. The number of benzene rings is 1. The van der Waals surface area contributed by atoms with Gasteiger partial charge in [0.2, 0.25) is 0 Å². The second-order valence-corrected chi connectivity index (χ2v) is 3.75. The van der Waals surface area contributed by atoms with Crippen LogP contribution in [-0.4, -0.2) is 19.3 Å². The smallest absolute Gasteiger partial charge is 0.282 e. The zero-order valence-corrected chi connectivity index (χ0v) is 8.09. The lowest BCUT2D eigenvalue weighted by Gasteiger charge is -1.92. The molecule has 4 nitrogen and oxygen atoms in total. The van der Waals surface area contributed by atoms with Crippen molar-refractivity contribution in [3.8, 4) is 0 Å². The molecular formula is C7H8F3NO3S. The fourth-order valence-corrected chi connectivity index (χ4v) is 1.09. The molecule has 86 valence electrons. The Balaban J connectivity index is 0.000000336. The second kappa shape index (κ2) is 5.10. The van der Waals surface area contributed by atoms with E-state index in [1.165, 1.54) is 12.1 Å². The van der Waals surface area contributed by atoms with E-state index >= 15 is 0 Å². The first kappa shape index (κ1) is 13.9. The monoisotopic (exact) mass is 243 g/mol. The molecule has 0 spiro atoms. The Hall–Kier alpha value is -1.12.